The number of amides is 3. The first-order valence-electron chi connectivity index (χ1n) is 43.4. The molecule has 0 radical (unpaired) electrons. The van der Waals surface area contributed by atoms with Crippen LogP contribution in [0.15, 0.2) is 115 Å². The van der Waals surface area contributed by atoms with Crippen LogP contribution in [0.1, 0.15) is 210 Å². The number of amidine groups is 3. The van der Waals surface area contributed by atoms with Crippen LogP contribution >= 0.6 is 71.9 Å². The lowest BCUT2D eigenvalue weighted by molar-refractivity contribution is -0.140. The number of nitrogens with zero attached hydrogens (tertiary/aromatic N) is 12. The van der Waals surface area contributed by atoms with Gasteiger partial charge in [0.1, 0.15) is 52.1 Å². The molecule has 0 aliphatic carbocycles. The number of phosphoric ester groups is 1. The zero-order chi connectivity index (χ0) is 103. The largest absolute Gasteiger partial charge is 0.480 e. The third-order valence-corrected chi connectivity index (χ3v) is 46.5. The van der Waals surface area contributed by atoms with Crippen LogP contribution in [0.5, 0.6) is 0 Å². The molecule has 6 aromatic heterocycles. The number of aliphatic imine (C=N–C) groups is 3. The SMILES string of the molecule is CCc1sc2c(c1CC(=O)N=C1N(COP(=O)(OCN3C(c4ccc(C(F)(F)F)c(F)c4)=CS(C(C)(C)C)(C(C)(C)C)C3=NC(=O)Cc3c(CC)sc4c3c(=O)n(C)c(=O)n4C)OCN3C(c4ccc(C(F)(F)F)c(F)c4)=CS(C(C)(C)C)(C(C)(C)C)C3=NC(=O)Cc3c(CC)sc4c3c(=O)n(C)c(=O)n4C)C(c3ccc(C(F)(F)F)c(F)c3)=CS1(C(C)(C)C)C(C)(C)C)c(=O)n(C)c(=O)n2C. The predicted octanol–water partition coefficient (Wildman–Crippen LogP) is 20.5. The topological polar surface area (TPSA) is 275 Å². The minimum Gasteiger partial charge on any atom is -0.296 e. The Kier molecular flexibility index (Phi) is 28.4. The van der Waals surface area contributed by atoms with E-state index in [1.165, 1.54) is 56.0 Å². The molecular weight excluding hydrogens is 1940 g/mol. The van der Waals surface area contributed by atoms with Gasteiger partial charge < -0.3 is 0 Å². The summed E-state index contributed by atoms with van der Waals surface area (Å²) in [4.78, 5) is 151. The highest BCUT2D eigenvalue weighted by Crippen LogP contribution is 2.78. The molecule has 3 aromatic carbocycles. The molecule has 12 rings (SSSR count). The Balaban J connectivity index is 1.16. The Bertz CT molecular complexity index is 6470. The summed E-state index contributed by atoms with van der Waals surface area (Å²) in [6.07, 6.45) is -17.3. The lowest BCUT2D eigenvalue weighted by Gasteiger charge is -2.55. The van der Waals surface area contributed by atoms with Gasteiger partial charge in [-0.2, -0.15) is 54.5 Å². The first-order chi connectivity index (χ1) is 62.8. The summed E-state index contributed by atoms with van der Waals surface area (Å²) in [6, 6.07) is 5.77. The summed E-state index contributed by atoms with van der Waals surface area (Å²) >= 11 is 3.19. The highest BCUT2D eigenvalue weighted by Gasteiger charge is 2.60. The Morgan fingerprint density at radius 3 is 0.752 bits per heavy atom. The van der Waals surface area contributed by atoms with Crippen molar-refractivity contribution >= 4 is 153 Å². The average molecular weight is 2060 g/mol. The number of rotatable bonds is 21. The van der Waals surface area contributed by atoms with Gasteiger partial charge in [-0.1, -0.05) is 164 Å². The van der Waals surface area contributed by atoms with Crippen LogP contribution in [0.2, 0.25) is 0 Å². The number of fused-ring (bicyclic) bond motifs is 3. The number of aryl methyl sites for hydroxylation is 6. The third kappa shape index (κ3) is 18.4. The average Bonchev–Trinajstić information content (AvgIpc) is 1.56. The van der Waals surface area contributed by atoms with Crippen molar-refractivity contribution in [1.29, 1.82) is 0 Å². The molecule has 0 atom stereocenters. The van der Waals surface area contributed by atoms with E-state index in [-0.39, 0.29) is 116 Å². The number of thiophene rings is 3. The van der Waals surface area contributed by atoms with Gasteiger partial charge in [0.15, 0.2) is 15.5 Å². The Morgan fingerprint density at radius 2 is 0.569 bits per heavy atom. The van der Waals surface area contributed by atoms with Crippen molar-refractivity contribution in [3.63, 3.8) is 0 Å². The van der Waals surface area contributed by atoms with Crippen LogP contribution < -0.4 is 33.7 Å². The fourth-order valence-corrected chi connectivity index (χ4v) is 38.5. The van der Waals surface area contributed by atoms with Crippen molar-refractivity contribution in [2.45, 2.75) is 231 Å². The van der Waals surface area contributed by atoms with E-state index in [0.29, 0.717) is 51.0 Å². The van der Waals surface area contributed by atoms with Crippen molar-refractivity contribution < 1.29 is 85.2 Å². The number of carbonyl (C=O) groups excluding carboxylic acids is 3. The molecule has 0 fully saturated rings. The van der Waals surface area contributed by atoms with Crippen LogP contribution in [0.3, 0.4) is 0 Å². The van der Waals surface area contributed by atoms with E-state index in [0.717, 1.165) is 80.6 Å². The van der Waals surface area contributed by atoms with Gasteiger partial charge in [0.2, 0.25) is 0 Å². The van der Waals surface area contributed by atoms with Gasteiger partial charge in [-0.25, -0.2) is 32.1 Å². The molecule has 3 amide bonds. The summed E-state index contributed by atoms with van der Waals surface area (Å²) in [7, 11) is -7.82. The normalized spacial score (nSPS) is 18.0. The zero-order valence-electron chi connectivity index (χ0n) is 80.9. The number of benzene rings is 3. The number of aromatic nitrogens is 6. The summed E-state index contributed by atoms with van der Waals surface area (Å²) in [5.74, 6) is -8.43. The van der Waals surface area contributed by atoms with Crippen molar-refractivity contribution in [1.82, 2.24) is 42.1 Å². The number of alkyl halides is 9. The molecule has 3 aliphatic rings. The number of hydrogen-bond acceptors (Lipinski definition) is 16. The van der Waals surface area contributed by atoms with E-state index < -0.39 is 210 Å². The molecule has 746 valence electrons. The first kappa shape index (κ1) is 106. The van der Waals surface area contributed by atoms with Crippen LogP contribution in [0.4, 0.5) is 52.7 Å². The Labute approximate surface area is 798 Å². The van der Waals surface area contributed by atoms with Gasteiger partial charge >= 0.3 is 43.4 Å². The molecular formula is C93H111F12N12O13PS6. The summed E-state index contributed by atoms with van der Waals surface area (Å²) in [6.45, 7) is 32.8. The van der Waals surface area contributed by atoms with Gasteiger partial charge in [-0.15, -0.1) is 64.1 Å². The molecule has 0 unspecified atom stereocenters. The fraction of sp³-hybridized carbons (Fsp3) is 0.484. The van der Waals surface area contributed by atoms with E-state index in [1.54, 1.807) is 162 Å². The molecule has 3 aliphatic heterocycles. The second kappa shape index (κ2) is 36.6. The molecule has 25 nitrogen and oxygen atoms in total. The second-order valence-corrected chi connectivity index (χ2v) is 57.4. The second-order valence-electron chi connectivity index (χ2n) is 39.4. The monoisotopic (exact) mass is 2050 g/mol. The molecule has 0 saturated heterocycles. The van der Waals surface area contributed by atoms with Crippen LogP contribution in [-0.4, -0.2) is 124 Å². The maximum absolute atomic E-state index is 18.0. The maximum Gasteiger partial charge on any atom is 0.480 e. The van der Waals surface area contributed by atoms with E-state index >= 15 is 32.1 Å². The quantitative estimate of drug-likeness (QED) is 0.0477. The third-order valence-electron chi connectivity index (χ3n) is 24.9. The highest BCUT2D eigenvalue weighted by molar-refractivity contribution is 8.50. The number of phosphoric acid groups is 1. The van der Waals surface area contributed by atoms with Crippen molar-refractivity contribution in [2.24, 2.45) is 57.3 Å². The molecule has 0 saturated carbocycles. The molecule has 0 bridgehead atoms. The Hall–Kier alpha value is -9.46. The van der Waals surface area contributed by atoms with Gasteiger partial charge in [0, 0.05) is 102 Å². The van der Waals surface area contributed by atoms with Gasteiger partial charge in [-0.3, -0.25) is 84.4 Å². The van der Waals surface area contributed by atoms with E-state index in [9.17, 15) is 68.3 Å². The highest BCUT2D eigenvalue weighted by atomic mass is 32.3. The van der Waals surface area contributed by atoms with E-state index in [1.807, 2.05) is 0 Å². The number of hydrogen-bond donors (Lipinski definition) is 0. The van der Waals surface area contributed by atoms with Gasteiger partial charge in [0.05, 0.1) is 69.2 Å². The summed E-state index contributed by atoms with van der Waals surface area (Å²) in [5, 5.41) is 3.91. The zero-order valence-corrected chi connectivity index (χ0v) is 86.7. The molecule has 137 heavy (non-hydrogen) atoms. The summed E-state index contributed by atoms with van der Waals surface area (Å²) in [5.41, 5.74) is -10.9. The van der Waals surface area contributed by atoms with Gasteiger partial charge in [0.25, 0.3) is 34.4 Å². The molecule has 0 spiro atoms. The van der Waals surface area contributed by atoms with Crippen molar-refractivity contribution in [3.8, 4) is 0 Å². The Morgan fingerprint density at radius 1 is 0.358 bits per heavy atom. The van der Waals surface area contributed by atoms with Crippen LogP contribution in [0, 0.1) is 17.5 Å². The lowest BCUT2D eigenvalue weighted by Crippen LogP contribution is -2.45. The fourth-order valence-electron chi connectivity index (χ4n) is 18.7. The summed E-state index contributed by atoms with van der Waals surface area (Å²) < 4.78 is 223. The standard InChI is InChI=1S/C93H111F12N12O13PS6/c1-28-64-52(70-73(121)109(22)82(124)112(25)76(70)132-64)40-67(118)106-79-115(61(43-135(79,85(4,5)6)86(7,8)9)49-31-34-55(58(94)37-49)91(97,98)99)46-128-131(127,129-47-116-62(50-32-35-56(59(95)38-50)92(100,101)102)44-136(87(10,11)12,88(13,14)15)80(116)107-68(119)41-53-65(29-2)133-77-71(53)74(122)110(23)83(125)113(77)26)130-48-117-63(51-33-36-57(60(96)39-51)93(103,104)105)45-137(89(16,17)18,90(19,20)21)81(117)108-69(120)42-54-66(30-3)134-78-72(54)75(123)111(24)84(126)114(78)27/h31-39,43-45H,28-30,40-42,46-48H2,1-27H3. The smallest absolute Gasteiger partial charge is 0.296 e. The number of carbonyl (C=O) groups is 3. The molecule has 9 heterocycles. The maximum atomic E-state index is 18.0. The van der Waals surface area contributed by atoms with Gasteiger partial charge in [-0.05, 0) is 88.6 Å². The minimum absolute atomic E-state index is 0.0104. The molecule has 0 N–H and O–H groups in total. The number of halogens is 12. The first-order valence-corrected chi connectivity index (χ1v) is 52.4. The lowest BCUT2D eigenvalue weighted by atomic mass is 10.1. The minimum atomic E-state index is -6.17. The molecule has 44 heteroatoms. The van der Waals surface area contributed by atoms with E-state index in [4.69, 9.17) is 28.5 Å². The van der Waals surface area contributed by atoms with Crippen molar-refractivity contribution in [3.05, 3.63) is 215 Å². The predicted molar refractivity (Wildman–Crippen MR) is 524 cm³/mol. The van der Waals surface area contributed by atoms with E-state index in [2.05, 4.69) is 0 Å². The van der Waals surface area contributed by atoms with Crippen LogP contribution in [0.25, 0.3) is 47.7 Å². The van der Waals surface area contributed by atoms with Crippen molar-refractivity contribution in [2.75, 3.05) is 20.2 Å². The van der Waals surface area contributed by atoms with Crippen LogP contribution in [-0.2, 0) is 132 Å². The molecule has 9 aromatic rings.